The van der Waals surface area contributed by atoms with Crippen LogP contribution in [0.4, 0.5) is 26.3 Å². The molecule has 5 nitrogen and oxygen atoms in total. The minimum absolute atomic E-state index is 0.118. The fraction of sp³-hybridized carbons (Fsp3) is 0.214. The van der Waals surface area contributed by atoms with E-state index in [2.05, 4.69) is 4.98 Å². The lowest BCUT2D eigenvalue weighted by Crippen LogP contribution is -2.13. The van der Waals surface area contributed by atoms with Crippen LogP contribution in [0, 0.1) is 18.3 Å². The summed E-state index contributed by atoms with van der Waals surface area (Å²) in [7, 11) is -4.57. The second-order valence-electron chi connectivity index (χ2n) is 9.28. The second-order valence-corrected chi connectivity index (χ2v) is 11.2. The van der Waals surface area contributed by atoms with Crippen LogP contribution in [0.3, 0.4) is 0 Å². The highest BCUT2D eigenvalue weighted by Crippen LogP contribution is 2.38. The Morgan fingerprint density at radius 2 is 1.68 bits per heavy atom. The first kappa shape index (κ1) is 28.9. The van der Waals surface area contributed by atoms with Gasteiger partial charge in [0, 0.05) is 23.0 Å². The van der Waals surface area contributed by atoms with Crippen LogP contribution in [-0.4, -0.2) is 18.0 Å². The van der Waals surface area contributed by atoms with Crippen molar-refractivity contribution in [1.29, 1.82) is 5.26 Å². The lowest BCUT2D eigenvalue weighted by Gasteiger charge is -2.19. The molecule has 0 saturated heterocycles. The van der Waals surface area contributed by atoms with E-state index in [4.69, 9.17) is 0 Å². The van der Waals surface area contributed by atoms with Crippen molar-refractivity contribution in [2.45, 2.75) is 43.9 Å². The molecule has 0 amide bonds. The number of sulfone groups is 1. The summed E-state index contributed by atoms with van der Waals surface area (Å²) >= 11 is 0. The van der Waals surface area contributed by atoms with Crippen LogP contribution in [0.25, 0.3) is 22.7 Å². The molecule has 0 N–H and O–H groups in total. The summed E-state index contributed by atoms with van der Waals surface area (Å²) in [5, 5.41) is 9.72. The topological polar surface area (TPSA) is 75.8 Å². The van der Waals surface area contributed by atoms with E-state index in [1.165, 1.54) is 35.8 Å². The largest absolute Gasteiger partial charge is 0.418 e. The molecular weight excluding hydrogens is 556 g/mol. The Bertz CT molecular complexity index is 1790. The molecule has 2 heterocycles. The first-order valence-corrected chi connectivity index (χ1v) is 13.3. The molecule has 208 valence electrons. The van der Waals surface area contributed by atoms with E-state index in [1.54, 1.807) is 19.9 Å². The Morgan fingerprint density at radius 3 is 2.27 bits per heavy atom. The average Bonchev–Trinajstić information content (AvgIpc) is 3.21. The number of para-hydroxylation sites is 1. The molecule has 0 aliphatic heterocycles. The minimum Gasteiger partial charge on any atom is -0.317 e. The van der Waals surface area contributed by atoms with E-state index in [-0.39, 0.29) is 33.8 Å². The van der Waals surface area contributed by atoms with Crippen molar-refractivity contribution < 1.29 is 34.8 Å². The first-order chi connectivity index (χ1) is 18.6. The quantitative estimate of drug-likeness (QED) is 0.179. The molecule has 0 unspecified atom stereocenters. The molecule has 40 heavy (non-hydrogen) atoms. The molecule has 0 fully saturated rings. The SMILES string of the molecule is Cc1c(/C=C(\C#N)S(=O)(=O)c2ccnc3cc(C(F)(F)F)ccc23)cc(C(C)C)n1-c1ccccc1C(F)(F)F. The molecule has 0 atom stereocenters. The number of hydrogen-bond acceptors (Lipinski definition) is 4. The number of halogens is 6. The Morgan fingerprint density at radius 1 is 1.00 bits per heavy atom. The van der Waals surface area contributed by atoms with Crippen molar-refractivity contribution in [1.82, 2.24) is 9.55 Å². The van der Waals surface area contributed by atoms with Gasteiger partial charge in [0.1, 0.15) is 11.0 Å². The van der Waals surface area contributed by atoms with Crippen LogP contribution >= 0.6 is 0 Å². The number of nitriles is 1. The molecular formula is C28H21F6N3O2S. The normalized spacial score (nSPS) is 13.2. The monoisotopic (exact) mass is 577 g/mol. The summed E-state index contributed by atoms with van der Waals surface area (Å²) in [5.41, 5.74) is -1.39. The van der Waals surface area contributed by atoms with Gasteiger partial charge in [-0.15, -0.1) is 0 Å². The van der Waals surface area contributed by atoms with Crippen molar-refractivity contribution >= 4 is 26.8 Å². The molecule has 4 rings (SSSR count). The number of allylic oxidation sites excluding steroid dienone is 1. The zero-order valence-corrected chi connectivity index (χ0v) is 22.1. The van der Waals surface area contributed by atoms with Crippen LogP contribution < -0.4 is 0 Å². The summed E-state index contributed by atoms with van der Waals surface area (Å²) in [6.07, 6.45) is -7.25. The van der Waals surface area contributed by atoms with Gasteiger partial charge in [-0.05, 0) is 60.9 Å². The molecule has 0 radical (unpaired) electrons. The van der Waals surface area contributed by atoms with E-state index < -0.39 is 43.1 Å². The highest BCUT2D eigenvalue weighted by molar-refractivity contribution is 7.96. The maximum absolute atomic E-state index is 13.8. The highest BCUT2D eigenvalue weighted by Gasteiger charge is 2.35. The maximum Gasteiger partial charge on any atom is 0.418 e. The highest BCUT2D eigenvalue weighted by atomic mass is 32.2. The Labute approximate surface area is 225 Å². The number of hydrogen-bond donors (Lipinski definition) is 0. The molecule has 2 aromatic carbocycles. The Kier molecular flexibility index (Phi) is 7.32. The molecule has 4 aromatic rings. The van der Waals surface area contributed by atoms with Crippen LogP contribution in [-0.2, 0) is 22.2 Å². The molecule has 0 aliphatic carbocycles. The van der Waals surface area contributed by atoms with Crippen molar-refractivity contribution in [2.75, 3.05) is 0 Å². The number of fused-ring (bicyclic) bond motifs is 1. The van der Waals surface area contributed by atoms with Crippen molar-refractivity contribution in [3.05, 3.63) is 93.8 Å². The lowest BCUT2D eigenvalue weighted by molar-refractivity contribution is -0.138. The third-order valence-corrected chi connectivity index (χ3v) is 8.09. The van der Waals surface area contributed by atoms with Crippen molar-refractivity contribution in [3.63, 3.8) is 0 Å². The van der Waals surface area contributed by atoms with Gasteiger partial charge in [-0.2, -0.15) is 31.6 Å². The predicted molar refractivity (Wildman–Crippen MR) is 137 cm³/mol. The first-order valence-electron chi connectivity index (χ1n) is 11.8. The van der Waals surface area contributed by atoms with Gasteiger partial charge in [0.25, 0.3) is 0 Å². The van der Waals surface area contributed by atoms with Gasteiger partial charge in [-0.3, -0.25) is 4.98 Å². The van der Waals surface area contributed by atoms with E-state index in [0.717, 1.165) is 36.5 Å². The van der Waals surface area contributed by atoms with Gasteiger partial charge < -0.3 is 4.57 Å². The van der Waals surface area contributed by atoms with Gasteiger partial charge in [-0.1, -0.05) is 32.0 Å². The number of pyridine rings is 1. The lowest BCUT2D eigenvalue weighted by atomic mass is 10.1. The number of aromatic nitrogens is 2. The molecule has 2 aromatic heterocycles. The van der Waals surface area contributed by atoms with Crippen LogP contribution in [0.5, 0.6) is 0 Å². The molecule has 0 saturated carbocycles. The summed E-state index contributed by atoms with van der Waals surface area (Å²) < 4.78 is 109. The predicted octanol–water partition coefficient (Wildman–Crippen LogP) is 7.83. The maximum atomic E-state index is 13.8. The van der Waals surface area contributed by atoms with Crippen LogP contribution in [0.2, 0.25) is 0 Å². The summed E-state index contributed by atoms with van der Waals surface area (Å²) in [4.78, 5) is 2.68. The number of nitrogens with zero attached hydrogens (tertiary/aromatic N) is 3. The molecule has 0 bridgehead atoms. The van der Waals surface area contributed by atoms with Gasteiger partial charge in [0.15, 0.2) is 0 Å². The molecule has 0 spiro atoms. The van der Waals surface area contributed by atoms with E-state index in [9.17, 15) is 40.0 Å². The standard InChI is InChI=1S/C28H21F6N3O2S/c1-16(2)25-13-18(17(3)37(25)24-7-5-4-6-22(24)28(32,33)34)12-20(15-35)40(38,39)26-10-11-36-23-14-19(27(29,30)31)8-9-21(23)26/h4-14,16H,1-3H3/b20-12+. The summed E-state index contributed by atoms with van der Waals surface area (Å²) in [6.45, 7) is 5.03. The minimum atomic E-state index is -4.67. The zero-order chi connectivity index (χ0) is 29.6. The van der Waals surface area contributed by atoms with Crippen molar-refractivity contribution in [2.24, 2.45) is 0 Å². The van der Waals surface area contributed by atoms with Crippen LogP contribution in [0.15, 0.2) is 70.6 Å². The van der Waals surface area contributed by atoms with Crippen molar-refractivity contribution in [3.8, 4) is 11.8 Å². The van der Waals surface area contributed by atoms with E-state index >= 15 is 0 Å². The third kappa shape index (κ3) is 5.21. The van der Waals surface area contributed by atoms with Gasteiger partial charge in [0.2, 0.25) is 9.84 Å². The van der Waals surface area contributed by atoms with Gasteiger partial charge in [-0.25, -0.2) is 8.42 Å². The Balaban J connectivity index is 1.91. The average molecular weight is 578 g/mol. The number of rotatable bonds is 5. The van der Waals surface area contributed by atoms with E-state index in [1.807, 2.05) is 0 Å². The fourth-order valence-corrected chi connectivity index (χ4v) is 5.75. The van der Waals surface area contributed by atoms with Crippen LogP contribution in [0.1, 0.15) is 47.8 Å². The second kappa shape index (κ2) is 10.1. The number of benzene rings is 2. The van der Waals surface area contributed by atoms with Gasteiger partial charge >= 0.3 is 12.4 Å². The summed E-state index contributed by atoms with van der Waals surface area (Å²) in [5.74, 6) is -0.281. The number of alkyl halides is 6. The van der Waals surface area contributed by atoms with Gasteiger partial charge in [0.05, 0.1) is 27.2 Å². The molecule has 0 aliphatic rings. The Hall–Kier alpha value is -4.11. The van der Waals surface area contributed by atoms with E-state index in [0.29, 0.717) is 11.8 Å². The zero-order valence-electron chi connectivity index (χ0n) is 21.3. The summed E-state index contributed by atoms with van der Waals surface area (Å²) in [6, 6.07) is 11.6. The fourth-order valence-electron chi connectivity index (χ4n) is 4.41. The third-order valence-electron chi connectivity index (χ3n) is 6.36. The molecule has 12 heteroatoms. The smallest absolute Gasteiger partial charge is 0.317 e.